The van der Waals surface area contributed by atoms with Crippen molar-refractivity contribution in [2.75, 3.05) is 0 Å². The summed E-state index contributed by atoms with van der Waals surface area (Å²) >= 11 is 6.04. The zero-order chi connectivity index (χ0) is 30.5. The van der Waals surface area contributed by atoms with Crippen LogP contribution in [0.1, 0.15) is 65.1 Å². The van der Waals surface area contributed by atoms with Crippen LogP contribution in [-0.2, 0) is 6.18 Å². The molecule has 1 atom stereocenters. The molecule has 6 rings (SSSR count). The van der Waals surface area contributed by atoms with Gasteiger partial charge in [0.25, 0.3) is 5.91 Å². The highest BCUT2D eigenvalue weighted by molar-refractivity contribution is 6.30. The van der Waals surface area contributed by atoms with Gasteiger partial charge in [0.05, 0.1) is 17.4 Å². The molecule has 0 radical (unpaired) electrons. The fourth-order valence-electron chi connectivity index (χ4n) is 5.11. The summed E-state index contributed by atoms with van der Waals surface area (Å²) in [6.07, 6.45) is -4.52. The van der Waals surface area contributed by atoms with Crippen LogP contribution in [0.15, 0.2) is 90.0 Å². The SMILES string of the molecule is CC(C)c1ccc(-c2cc(C(F)(F)F)n3nc(C(=O)N4N=C(c5ccc(Cl)cc5)CC4c4ccccc4O)cc3n2)cc1. The molecule has 0 aliphatic carbocycles. The fraction of sp³-hybridized carbons (Fsp3) is 0.188. The number of amides is 1. The first kappa shape index (κ1) is 28.4. The van der Waals surface area contributed by atoms with E-state index in [2.05, 4.69) is 15.2 Å². The quantitative estimate of drug-likeness (QED) is 0.221. The number of alkyl halides is 3. The van der Waals surface area contributed by atoms with E-state index < -0.39 is 23.8 Å². The van der Waals surface area contributed by atoms with E-state index in [1.54, 1.807) is 54.6 Å². The lowest BCUT2D eigenvalue weighted by Crippen LogP contribution is -2.27. The predicted octanol–water partition coefficient (Wildman–Crippen LogP) is 7.89. The van der Waals surface area contributed by atoms with Crippen molar-refractivity contribution >= 4 is 28.9 Å². The maximum atomic E-state index is 14.2. The number of aromatic nitrogens is 3. The van der Waals surface area contributed by atoms with Crippen molar-refractivity contribution in [3.63, 3.8) is 0 Å². The smallest absolute Gasteiger partial charge is 0.433 e. The Morgan fingerprint density at radius 3 is 2.30 bits per heavy atom. The minimum atomic E-state index is -4.77. The van der Waals surface area contributed by atoms with Crippen LogP contribution in [-0.4, -0.2) is 36.3 Å². The highest BCUT2D eigenvalue weighted by Gasteiger charge is 2.38. The number of hydrogen-bond donors (Lipinski definition) is 1. The Kier molecular flexibility index (Phi) is 7.17. The normalized spacial score (nSPS) is 15.4. The van der Waals surface area contributed by atoms with Gasteiger partial charge in [-0.25, -0.2) is 14.5 Å². The molecule has 0 saturated heterocycles. The van der Waals surface area contributed by atoms with Crippen molar-refractivity contribution in [2.24, 2.45) is 5.10 Å². The van der Waals surface area contributed by atoms with Crippen LogP contribution < -0.4 is 0 Å². The molecular weight excluding hydrogens is 579 g/mol. The van der Waals surface area contributed by atoms with Gasteiger partial charge in [-0.15, -0.1) is 0 Å². The van der Waals surface area contributed by atoms with Gasteiger partial charge in [-0.05, 0) is 41.3 Å². The van der Waals surface area contributed by atoms with Gasteiger partial charge in [0.2, 0.25) is 0 Å². The Morgan fingerprint density at radius 2 is 1.65 bits per heavy atom. The second-order valence-corrected chi connectivity index (χ2v) is 11.0. The lowest BCUT2D eigenvalue weighted by molar-refractivity contribution is -0.142. The van der Waals surface area contributed by atoms with Gasteiger partial charge < -0.3 is 5.11 Å². The number of carbonyl (C=O) groups is 1. The van der Waals surface area contributed by atoms with Crippen LogP contribution >= 0.6 is 11.6 Å². The number of halogens is 4. The van der Waals surface area contributed by atoms with Gasteiger partial charge in [0, 0.05) is 28.6 Å². The van der Waals surface area contributed by atoms with Crippen molar-refractivity contribution < 1.29 is 23.1 Å². The fourth-order valence-corrected chi connectivity index (χ4v) is 5.24. The average Bonchev–Trinajstić information content (AvgIpc) is 3.61. The molecule has 1 aliphatic heterocycles. The Morgan fingerprint density at radius 1 is 0.977 bits per heavy atom. The Labute approximate surface area is 249 Å². The van der Waals surface area contributed by atoms with Gasteiger partial charge in [0.1, 0.15) is 5.75 Å². The van der Waals surface area contributed by atoms with Crippen LogP contribution in [0.2, 0.25) is 5.02 Å². The average molecular weight is 604 g/mol. The molecule has 0 spiro atoms. The van der Waals surface area contributed by atoms with Crippen LogP contribution in [0.5, 0.6) is 5.75 Å². The highest BCUT2D eigenvalue weighted by atomic mass is 35.5. The minimum absolute atomic E-state index is 0.0398. The number of carbonyl (C=O) groups excluding carboxylic acids is 1. The molecule has 0 bridgehead atoms. The summed E-state index contributed by atoms with van der Waals surface area (Å²) in [4.78, 5) is 18.3. The molecule has 1 unspecified atom stereocenters. The van der Waals surface area contributed by atoms with Crippen molar-refractivity contribution in [1.82, 2.24) is 19.6 Å². The Hall–Kier alpha value is -4.70. The maximum absolute atomic E-state index is 14.2. The zero-order valence-corrected chi connectivity index (χ0v) is 23.8. The number of benzene rings is 3. The van der Waals surface area contributed by atoms with Crippen molar-refractivity contribution in [3.05, 3.63) is 118 Å². The van der Waals surface area contributed by atoms with Gasteiger partial charge in [-0.3, -0.25) is 4.79 Å². The third-order valence-electron chi connectivity index (χ3n) is 7.40. The third kappa shape index (κ3) is 5.46. The molecule has 0 fully saturated rings. The summed E-state index contributed by atoms with van der Waals surface area (Å²) in [5.74, 6) is -0.519. The number of hydrogen-bond acceptors (Lipinski definition) is 5. The van der Waals surface area contributed by atoms with Gasteiger partial charge in [-0.1, -0.05) is 80.0 Å². The van der Waals surface area contributed by atoms with Crippen molar-refractivity contribution in [3.8, 4) is 17.0 Å². The lowest BCUT2D eigenvalue weighted by Gasteiger charge is -2.21. The molecule has 3 heterocycles. The minimum Gasteiger partial charge on any atom is -0.508 e. The van der Waals surface area contributed by atoms with E-state index in [0.717, 1.165) is 16.6 Å². The number of nitrogens with zero attached hydrogens (tertiary/aromatic N) is 5. The molecule has 218 valence electrons. The van der Waals surface area contributed by atoms with Crippen LogP contribution in [0.25, 0.3) is 16.9 Å². The van der Waals surface area contributed by atoms with Gasteiger partial charge >= 0.3 is 6.18 Å². The second kappa shape index (κ2) is 10.9. The summed E-state index contributed by atoms with van der Waals surface area (Å²) in [5.41, 5.74) is 1.87. The number of fused-ring (bicyclic) bond motifs is 1. The Balaban J connectivity index is 1.44. The topological polar surface area (TPSA) is 83.1 Å². The number of rotatable bonds is 5. The van der Waals surface area contributed by atoms with E-state index in [1.165, 1.54) is 12.1 Å². The number of phenols is 1. The van der Waals surface area contributed by atoms with Crippen LogP contribution in [0.3, 0.4) is 0 Å². The van der Waals surface area contributed by atoms with Crippen LogP contribution in [0.4, 0.5) is 13.2 Å². The number of hydrazone groups is 1. The number of phenolic OH excluding ortho intramolecular Hbond substituents is 1. The summed E-state index contributed by atoms with van der Waals surface area (Å²) < 4.78 is 43.4. The summed E-state index contributed by atoms with van der Waals surface area (Å²) in [6.45, 7) is 4.05. The standard InChI is InChI=1S/C32H25ClF3N5O2/c1-18(2)19-7-9-20(10-8-19)24-16-29(32(34,35)36)41-30(37-24)17-26(39-41)31(43)40-27(23-5-3-4-6-28(23)42)15-25(38-40)21-11-13-22(33)14-12-21/h3-14,16-18,27,42H,15H2,1-2H3. The van der Waals surface area contributed by atoms with E-state index in [-0.39, 0.29) is 35.1 Å². The predicted molar refractivity (Wildman–Crippen MR) is 157 cm³/mol. The first-order valence-electron chi connectivity index (χ1n) is 13.5. The first-order chi connectivity index (χ1) is 20.5. The first-order valence-corrected chi connectivity index (χ1v) is 13.9. The summed E-state index contributed by atoms with van der Waals surface area (Å²) in [5, 5.41) is 20.9. The van der Waals surface area contributed by atoms with E-state index in [1.807, 2.05) is 26.0 Å². The molecule has 1 aliphatic rings. The molecular formula is C32H25ClF3N5O2. The molecule has 3 aromatic carbocycles. The van der Waals surface area contributed by atoms with E-state index in [0.29, 0.717) is 31.9 Å². The third-order valence-corrected chi connectivity index (χ3v) is 7.65. The lowest BCUT2D eigenvalue weighted by atomic mass is 9.97. The van der Waals surface area contributed by atoms with E-state index >= 15 is 0 Å². The number of aromatic hydroxyl groups is 1. The Bertz CT molecular complexity index is 1870. The largest absolute Gasteiger partial charge is 0.508 e. The molecule has 1 amide bonds. The molecule has 11 heteroatoms. The molecule has 7 nitrogen and oxygen atoms in total. The van der Waals surface area contributed by atoms with Crippen molar-refractivity contribution in [1.29, 1.82) is 0 Å². The summed E-state index contributed by atoms with van der Waals surface area (Å²) in [6, 6.07) is 22.0. The molecule has 1 N–H and O–H groups in total. The van der Waals surface area contributed by atoms with Gasteiger partial charge in [0.15, 0.2) is 17.0 Å². The molecule has 43 heavy (non-hydrogen) atoms. The van der Waals surface area contributed by atoms with Crippen LogP contribution in [0, 0.1) is 0 Å². The molecule has 0 saturated carbocycles. The van der Waals surface area contributed by atoms with E-state index in [4.69, 9.17) is 11.6 Å². The maximum Gasteiger partial charge on any atom is 0.433 e. The summed E-state index contributed by atoms with van der Waals surface area (Å²) in [7, 11) is 0. The zero-order valence-electron chi connectivity index (χ0n) is 23.0. The monoisotopic (exact) mass is 603 g/mol. The highest BCUT2D eigenvalue weighted by Crippen LogP contribution is 2.38. The van der Waals surface area contributed by atoms with Gasteiger partial charge in [-0.2, -0.15) is 23.4 Å². The molecule has 5 aromatic rings. The van der Waals surface area contributed by atoms with E-state index in [9.17, 15) is 23.1 Å². The second-order valence-electron chi connectivity index (χ2n) is 10.6. The van der Waals surface area contributed by atoms with Crippen molar-refractivity contribution in [2.45, 2.75) is 38.4 Å². The number of para-hydroxylation sites is 1. The molecule has 2 aromatic heterocycles.